The summed E-state index contributed by atoms with van der Waals surface area (Å²) in [6, 6.07) is 1.50. The van der Waals surface area contributed by atoms with E-state index >= 15 is 0 Å². The molecule has 0 radical (unpaired) electrons. The highest BCUT2D eigenvalue weighted by atomic mass is 79.9. The summed E-state index contributed by atoms with van der Waals surface area (Å²) >= 11 is 3.11. The monoisotopic (exact) mass is 340 g/mol. The summed E-state index contributed by atoms with van der Waals surface area (Å²) in [5.74, 6) is 0.566. The molecule has 0 saturated heterocycles. The smallest absolute Gasteiger partial charge is 0.245 e. The van der Waals surface area contributed by atoms with E-state index in [4.69, 9.17) is 9.15 Å². The first-order valence-electron chi connectivity index (χ1n) is 5.48. The van der Waals surface area contributed by atoms with E-state index in [1.54, 1.807) is 0 Å². The van der Waals surface area contributed by atoms with E-state index in [1.807, 2.05) is 6.92 Å². The van der Waals surface area contributed by atoms with Crippen molar-refractivity contribution in [3.63, 3.8) is 0 Å². The predicted molar refractivity (Wildman–Crippen MR) is 70.9 cm³/mol. The number of rotatable bonds is 8. The first-order valence-corrected chi connectivity index (χ1v) is 7.76. The van der Waals surface area contributed by atoms with E-state index in [-0.39, 0.29) is 16.1 Å². The largest absolute Gasteiger partial charge is 0.452 e. The lowest BCUT2D eigenvalue weighted by atomic mass is 10.4. The van der Waals surface area contributed by atoms with Crippen molar-refractivity contribution in [2.24, 2.45) is 0 Å². The van der Waals surface area contributed by atoms with Crippen LogP contribution >= 0.6 is 15.9 Å². The van der Waals surface area contributed by atoms with E-state index in [0.717, 1.165) is 6.54 Å². The van der Waals surface area contributed by atoms with Gasteiger partial charge in [0, 0.05) is 19.7 Å². The summed E-state index contributed by atoms with van der Waals surface area (Å²) in [6.07, 6.45) is 0. The van der Waals surface area contributed by atoms with Crippen LogP contribution in [0.25, 0.3) is 0 Å². The molecule has 8 heteroatoms. The van der Waals surface area contributed by atoms with Crippen LogP contribution in [-0.4, -0.2) is 35.2 Å². The summed E-state index contributed by atoms with van der Waals surface area (Å²) in [7, 11) is -2.06. The average molecular weight is 341 g/mol. The van der Waals surface area contributed by atoms with Crippen molar-refractivity contribution in [2.45, 2.75) is 18.4 Å². The van der Waals surface area contributed by atoms with Crippen molar-refractivity contribution in [1.29, 1.82) is 0 Å². The standard InChI is InChI=1S/C10H17BrN2O4S/c1-3-12-7-8-6-9(10(11)17-8)18(14,15)13-4-5-16-2/h6,12-13H,3-5,7H2,1-2H3. The molecule has 1 aromatic heterocycles. The molecule has 18 heavy (non-hydrogen) atoms. The zero-order chi connectivity index (χ0) is 13.6. The number of sulfonamides is 1. The SMILES string of the molecule is CCNCc1cc(S(=O)(=O)NCCOC)c(Br)o1. The number of furan rings is 1. The van der Waals surface area contributed by atoms with Crippen molar-refractivity contribution in [1.82, 2.24) is 10.0 Å². The van der Waals surface area contributed by atoms with Crippen molar-refractivity contribution < 1.29 is 17.6 Å². The third-order valence-electron chi connectivity index (χ3n) is 2.14. The summed E-state index contributed by atoms with van der Waals surface area (Å²) < 4.78 is 36.6. The van der Waals surface area contributed by atoms with Gasteiger partial charge in [0.15, 0.2) is 4.67 Å². The summed E-state index contributed by atoms with van der Waals surface area (Å²) in [6.45, 7) is 3.77. The van der Waals surface area contributed by atoms with Crippen molar-refractivity contribution in [2.75, 3.05) is 26.8 Å². The van der Waals surface area contributed by atoms with Crippen LogP contribution < -0.4 is 10.0 Å². The molecule has 104 valence electrons. The Kier molecular flexibility index (Phi) is 6.30. The maximum Gasteiger partial charge on any atom is 0.245 e. The Bertz CT molecular complexity index is 472. The number of halogens is 1. The molecule has 0 aliphatic carbocycles. The zero-order valence-electron chi connectivity index (χ0n) is 10.3. The molecule has 1 heterocycles. The predicted octanol–water partition coefficient (Wildman–Crippen LogP) is 1.08. The van der Waals surface area contributed by atoms with Gasteiger partial charge in [0.05, 0.1) is 13.2 Å². The number of nitrogens with one attached hydrogen (secondary N) is 2. The Balaban J connectivity index is 2.78. The second-order valence-electron chi connectivity index (χ2n) is 3.52. The highest BCUT2D eigenvalue weighted by Crippen LogP contribution is 2.25. The van der Waals surface area contributed by atoms with Crippen LogP contribution in [0.5, 0.6) is 0 Å². The second-order valence-corrected chi connectivity index (χ2v) is 5.98. The second kappa shape index (κ2) is 7.25. The molecule has 6 nitrogen and oxygen atoms in total. The zero-order valence-corrected chi connectivity index (χ0v) is 12.7. The molecule has 0 aromatic carbocycles. The molecule has 0 spiro atoms. The van der Waals surface area contributed by atoms with Gasteiger partial charge in [-0.15, -0.1) is 0 Å². The minimum atomic E-state index is -3.57. The first kappa shape index (κ1) is 15.6. The molecule has 0 aliphatic rings. The summed E-state index contributed by atoms with van der Waals surface area (Å²) in [5, 5.41) is 3.06. The summed E-state index contributed by atoms with van der Waals surface area (Å²) in [5.41, 5.74) is 0. The molecule has 0 aliphatic heterocycles. The highest BCUT2D eigenvalue weighted by Gasteiger charge is 2.21. The number of hydrogen-bond donors (Lipinski definition) is 2. The Morgan fingerprint density at radius 2 is 2.22 bits per heavy atom. The van der Waals surface area contributed by atoms with Crippen LogP contribution in [0.3, 0.4) is 0 Å². The first-order chi connectivity index (χ1) is 8.51. The van der Waals surface area contributed by atoms with E-state index in [9.17, 15) is 8.42 Å². The van der Waals surface area contributed by atoms with Gasteiger partial charge in [-0.25, -0.2) is 13.1 Å². The van der Waals surface area contributed by atoms with Crippen molar-refractivity contribution >= 4 is 26.0 Å². The van der Waals surface area contributed by atoms with Gasteiger partial charge in [-0.05, 0) is 22.5 Å². The van der Waals surface area contributed by atoms with Crippen LogP contribution in [0.4, 0.5) is 0 Å². The Morgan fingerprint density at radius 1 is 1.50 bits per heavy atom. The molecule has 0 unspecified atom stereocenters. The fourth-order valence-electron chi connectivity index (χ4n) is 1.27. The molecule has 0 saturated carbocycles. The molecular weight excluding hydrogens is 324 g/mol. The molecular formula is C10H17BrN2O4S. The fraction of sp³-hybridized carbons (Fsp3) is 0.600. The van der Waals surface area contributed by atoms with Crippen molar-refractivity contribution in [3.05, 3.63) is 16.5 Å². The summed E-state index contributed by atoms with van der Waals surface area (Å²) in [4.78, 5) is 0.103. The lowest BCUT2D eigenvalue weighted by Crippen LogP contribution is -2.27. The minimum Gasteiger partial charge on any atom is -0.452 e. The van der Waals surface area contributed by atoms with Crippen LogP contribution in [0.15, 0.2) is 20.0 Å². The molecule has 2 N–H and O–H groups in total. The van der Waals surface area contributed by atoms with Gasteiger partial charge in [-0.3, -0.25) is 0 Å². The number of ether oxygens (including phenoxy) is 1. The van der Waals surface area contributed by atoms with E-state index in [1.165, 1.54) is 13.2 Å². The molecule has 1 aromatic rings. The maximum atomic E-state index is 11.9. The average Bonchev–Trinajstić information content (AvgIpc) is 2.69. The lowest BCUT2D eigenvalue weighted by molar-refractivity contribution is 0.204. The molecule has 0 amide bonds. The number of hydrogen-bond acceptors (Lipinski definition) is 5. The van der Waals surface area contributed by atoms with Gasteiger partial charge >= 0.3 is 0 Å². The Labute approximate surface area is 115 Å². The van der Waals surface area contributed by atoms with E-state index in [0.29, 0.717) is 18.9 Å². The normalized spacial score (nSPS) is 11.9. The fourth-order valence-corrected chi connectivity index (χ4v) is 3.28. The quantitative estimate of drug-likeness (QED) is 0.692. The van der Waals surface area contributed by atoms with Gasteiger partial charge in [-0.2, -0.15) is 0 Å². The lowest BCUT2D eigenvalue weighted by Gasteiger charge is -2.03. The number of methoxy groups -OCH3 is 1. The minimum absolute atomic E-state index is 0.103. The third kappa shape index (κ3) is 4.36. The van der Waals surface area contributed by atoms with Gasteiger partial charge in [0.2, 0.25) is 10.0 Å². The van der Waals surface area contributed by atoms with Gasteiger partial charge in [0.1, 0.15) is 10.7 Å². The van der Waals surface area contributed by atoms with Crippen LogP contribution in [0.2, 0.25) is 0 Å². The van der Waals surface area contributed by atoms with Gasteiger partial charge in [0.25, 0.3) is 0 Å². The van der Waals surface area contributed by atoms with Gasteiger partial charge < -0.3 is 14.5 Å². The third-order valence-corrected chi connectivity index (χ3v) is 4.46. The molecule has 0 fully saturated rings. The van der Waals surface area contributed by atoms with Crippen LogP contribution in [0, 0.1) is 0 Å². The highest BCUT2D eigenvalue weighted by molar-refractivity contribution is 9.10. The van der Waals surface area contributed by atoms with Crippen LogP contribution in [-0.2, 0) is 21.3 Å². The maximum absolute atomic E-state index is 11.9. The molecule has 0 atom stereocenters. The molecule has 0 bridgehead atoms. The van der Waals surface area contributed by atoms with Gasteiger partial charge in [-0.1, -0.05) is 6.92 Å². The van der Waals surface area contributed by atoms with Crippen molar-refractivity contribution in [3.8, 4) is 0 Å². The van der Waals surface area contributed by atoms with E-state index in [2.05, 4.69) is 26.0 Å². The topological polar surface area (TPSA) is 80.6 Å². The Morgan fingerprint density at radius 3 is 2.83 bits per heavy atom. The van der Waals surface area contributed by atoms with E-state index < -0.39 is 10.0 Å². The molecule has 1 rings (SSSR count). The Hall–Kier alpha value is -0.410. The van der Waals surface area contributed by atoms with Crippen LogP contribution in [0.1, 0.15) is 12.7 Å².